The number of nitrogens with zero attached hydrogens (tertiary/aromatic N) is 3. The molecule has 0 spiro atoms. The number of carboxylic acids is 1. The molecule has 55 heavy (non-hydrogen) atoms. The first-order valence-corrected chi connectivity index (χ1v) is 17.9. The number of anilines is 1. The van der Waals surface area contributed by atoms with Gasteiger partial charge in [0.2, 0.25) is 11.9 Å². The topological polar surface area (TPSA) is 167 Å². The summed E-state index contributed by atoms with van der Waals surface area (Å²) in [6, 6.07) is 32.0. The van der Waals surface area contributed by atoms with E-state index in [1.165, 1.54) is 6.33 Å². The van der Waals surface area contributed by atoms with Gasteiger partial charge in [-0.15, -0.1) is 0 Å². The lowest BCUT2D eigenvalue weighted by Crippen LogP contribution is -2.37. The normalized spacial score (nSPS) is 17.0. The van der Waals surface area contributed by atoms with Gasteiger partial charge in [-0.2, -0.15) is 4.98 Å². The van der Waals surface area contributed by atoms with E-state index < -0.39 is 35.4 Å². The molecule has 13 heteroatoms. The van der Waals surface area contributed by atoms with Crippen molar-refractivity contribution in [2.75, 3.05) is 26.1 Å². The van der Waals surface area contributed by atoms with Crippen molar-refractivity contribution in [2.24, 2.45) is 5.92 Å². The first-order valence-electron chi connectivity index (χ1n) is 17.9. The molecule has 282 valence electrons. The number of H-pyrrole nitrogens is 1. The third-order valence-electron chi connectivity index (χ3n) is 9.97. The van der Waals surface area contributed by atoms with E-state index in [0.717, 1.165) is 16.7 Å². The maximum absolute atomic E-state index is 13.1. The van der Waals surface area contributed by atoms with E-state index in [9.17, 15) is 19.5 Å². The van der Waals surface area contributed by atoms with Gasteiger partial charge in [-0.25, -0.2) is 9.78 Å². The number of carbonyl (C=O) groups excluding carboxylic acids is 1. The molecule has 0 bridgehead atoms. The van der Waals surface area contributed by atoms with Crippen LogP contribution < -0.4 is 20.3 Å². The molecule has 0 saturated carbocycles. The van der Waals surface area contributed by atoms with Crippen molar-refractivity contribution in [3.05, 3.63) is 148 Å². The quantitative estimate of drug-likeness (QED) is 0.111. The Kier molecular flexibility index (Phi) is 10.5. The fourth-order valence-electron chi connectivity index (χ4n) is 7.14. The zero-order chi connectivity index (χ0) is 38.7. The number of hydrogen-bond donors (Lipinski definition) is 3. The molecule has 1 aliphatic heterocycles. The van der Waals surface area contributed by atoms with Gasteiger partial charge in [-0.3, -0.25) is 24.5 Å². The van der Waals surface area contributed by atoms with Crippen molar-refractivity contribution in [3.8, 4) is 11.5 Å². The molecule has 4 aromatic carbocycles. The zero-order valence-corrected chi connectivity index (χ0v) is 30.8. The van der Waals surface area contributed by atoms with E-state index in [-0.39, 0.29) is 41.1 Å². The number of aromatic nitrogens is 4. The Bertz CT molecular complexity index is 2310. The molecular weight excluding hydrogens is 702 g/mol. The van der Waals surface area contributed by atoms with Crippen LogP contribution >= 0.6 is 0 Å². The first kappa shape index (κ1) is 37.0. The van der Waals surface area contributed by atoms with E-state index >= 15 is 0 Å². The van der Waals surface area contributed by atoms with E-state index in [1.54, 1.807) is 56.9 Å². The Hall–Kier alpha value is -6.31. The van der Waals surface area contributed by atoms with Gasteiger partial charge in [0.25, 0.3) is 5.56 Å². The average Bonchev–Trinajstić information content (AvgIpc) is 3.83. The highest BCUT2D eigenvalue weighted by Gasteiger charge is 2.44. The minimum atomic E-state index is -1.17. The minimum absolute atomic E-state index is 0.0123. The second-order valence-corrected chi connectivity index (χ2v) is 13.6. The number of aromatic amines is 1. The second kappa shape index (κ2) is 15.6. The number of fused-ring (bicyclic) bond motifs is 1. The summed E-state index contributed by atoms with van der Waals surface area (Å²) < 4.78 is 26.7. The number of methoxy groups -OCH3 is 2. The standard InChI is InChI=1S/C42H41N5O8/c1-25(2)38(48)45-41-44-37-36(39(49)46-41)43-24-47(37)35-22-33(31-12-8-9-13-32(31)40(50)51)34(55-35)23-54-42(26-10-6-5-7-11-26,27-14-18-29(52-3)19-15-27)28-16-20-30(53-4)21-17-28/h5-21,24-25,33-35H,22-23H2,1-4H3,(H,50,51)(H2,44,45,46,48,49)/t33-,34+,35-/m1/s1. The molecule has 1 amide bonds. The van der Waals surface area contributed by atoms with Crippen LogP contribution in [0.3, 0.4) is 0 Å². The third kappa shape index (κ3) is 7.19. The Morgan fingerprint density at radius 2 is 1.51 bits per heavy atom. The molecule has 1 fully saturated rings. The number of rotatable bonds is 13. The maximum Gasteiger partial charge on any atom is 0.335 e. The van der Waals surface area contributed by atoms with Crippen LogP contribution in [0.25, 0.3) is 11.2 Å². The second-order valence-electron chi connectivity index (χ2n) is 13.6. The number of ether oxygens (including phenoxy) is 4. The molecule has 0 radical (unpaired) electrons. The van der Waals surface area contributed by atoms with E-state index in [0.29, 0.717) is 23.5 Å². The summed E-state index contributed by atoms with van der Waals surface area (Å²) in [5.41, 5.74) is 1.78. The molecule has 0 aliphatic carbocycles. The van der Waals surface area contributed by atoms with Gasteiger partial charge in [0.05, 0.1) is 38.8 Å². The fourth-order valence-corrected chi connectivity index (χ4v) is 7.14. The molecular formula is C42H41N5O8. The minimum Gasteiger partial charge on any atom is -0.497 e. The lowest BCUT2D eigenvalue weighted by molar-refractivity contribution is -0.118. The molecule has 3 heterocycles. The highest BCUT2D eigenvalue weighted by Crippen LogP contribution is 2.46. The number of carboxylic acid groups (broad SMARTS) is 1. The first-order chi connectivity index (χ1) is 26.6. The van der Waals surface area contributed by atoms with Gasteiger partial charge >= 0.3 is 5.97 Å². The molecule has 13 nitrogen and oxygen atoms in total. The van der Waals surface area contributed by atoms with Crippen LogP contribution in [0.2, 0.25) is 0 Å². The van der Waals surface area contributed by atoms with Gasteiger partial charge in [-0.05, 0) is 52.6 Å². The van der Waals surface area contributed by atoms with Gasteiger partial charge in [0.15, 0.2) is 11.2 Å². The number of carbonyl (C=O) groups is 2. The number of aromatic carboxylic acids is 1. The lowest BCUT2D eigenvalue weighted by atomic mass is 9.79. The predicted octanol–water partition coefficient (Wildman–Crippen LogP) is 6.51. The highest BCUT2D eigenvalue weighted by molar-refractivity contribution is 5.91. The van der Waals surface area contributed by atoms with Crippen molar-refractivity contribution in [2.45, 2.75) is 44.1 Å². The summed E-state index contributed by atoms with van der Waals surface area (Å²) in [6.07, 6.45) is 0.346. The Morgan fingerprint density at radius 3 is 2.11 bits per heavy atom. The highest BCUT2D eigenvalue weighted by atomic mass is 16.6. The fraction of sp³-hybridized carbons (Fsp3) is 0.262. The summed E-state index contributed by atoms with van der Waals surface area (Å²) in [6.45, 7) is 3.48. The van der Waals surface area contributed by atoms with Crippen LogP contribution in [0.15, 0.2) is 114 Å². The molecule has 2 aromatic heterocycles. The van der Waals surface area contributed by atoms with Crippen molar-refractivity contribution in [1.82, 2.24) is 19.5 Å². The molecule has 3 N–H and O–H groups in total. The molecule has 3 atom stereocenters. The predicted molar refractivity (Wildman–Crippen MR) is 205 cm³/mol. The van der Waals surface area contributed by atoms with Crippen molar-refractivity contribution in [3.63, 3.8) is 0 Å². The Labute approximate surface area is 316 Å². The Morgan fingerprint density at radius 1 is 0.909 bits per heavy atom. The van der Waals surface area contributed by atoms with Gasteiger partial charge < -0.3 is 24.1 Å². The van der Waals surface area contributed by atoms with E-state index in [2.05, 4.69) is 20.3 Å². The molecule has 0 unspecified atom stereocenters. The van der Waals surface area contributed by atoms with Crippen LogP contribution in [0.1, 0.15) is 65.0 Å². The number of hydrogen-bond acceptors (Lipinski definition) is 9. The summed E-state index contributed by atoms with van der Waals surface area (Å²) in [4.78, 5) is 49.6. The van der Waals surface area contributed by atoms with Gasteiger partial charge in [0.1, 0.15) is 23.3 Å². The average molecular weight is 744 g/mol. The monoisotopic (exact) mass is 743 g/mol. The zero-order valence-electron chi connectivity index (χ0n) is 30.8. The van der Waals surface area contributed by atoms with Gasteiger partial charge in [-0.1, -0.05) is 86.6 Å². The smallest absolute Gasteiger partial charge is 0.335 e. The number of imidazole rings is 1. The summed E-state index contributed by atoms with van der Waals surface area (Å²) in [5.74, 6) is -0.866. The largest absolute Gasteiger partial charge is 0.497 e. The van der Waals surface area contributed by atoms with Crippen molar-refractivity contribution >= 4 is 29.0 Å². The van der Waals surface area contributed by atoms with Crippen LogP contribution in [-0.4, -0.2) is 63.4 Å². The number of benzene rings is 4. The lowest BCUT2D eigenvalue weighted by Gasteiger charge is -2.37. The molecule has 1 aliphatic rings. The summed E-state index contributed by atoms with van der Waals surface area (Å²) in [7, 11) is 3.22. The molecule has 1 saturated heterocycles. The van der Waals surface area contributed by atoms with E-state index in [4.69, 9.17) is 18.9 Å². The molecule has 6 aromatic rings. The number of nitrogens with one attached hydrogen (secondary N) is 2. The summed E-state index contributed by atoms with van der Waals surface area (Å²) in [5, 5.41) is 12.9. The van der Waals surface area contributed by atoms with Crippen LogP contribution in [0, 0.1) is 5.92 Å². The van der Waals surface area contributed by atoms with Crippen LogP contribution in [-0.2, 0) is 19.9 Å². The third-order valence-corrected chi connectivity index (χ3v) is 9.97. The van der Waals surface area contributed by atoms with Crippen molar-refractivity contribution < 1.29 is 33.6 Å². The molecule has 7 rings (SSSR count). The maximum atomic E-state index is 13.1. The van der Waals surface area contributed by atoms with Crippen molar-refractivity contribution in [1.29, 1.82) is 0 Å². The number of amides is 1. The van der Waals surface area contributed by atoms with Crippen LogP contribution in [0.5, 0.6) is 11.5 Å². The summed E-state index contributed by atoms with van der Waals surface area (Å²) >= 11 is 0. The van der Waals surface area contributed by atoms with E-state index in [1.807, 2.05) is 78.9 Å². The Balaban J connectivity index is 1.33. The SMILES string of the molecule is COc1ccc(C(OC[C@@H]2O[C@@H](n3cnc4c(=O)[nH]c(NC(=O)C(C)C)nc43)C[C@@H]2c2ccccc2C(=O)O)(c2ccccc2)c2ccc(OC)cc2)cc1. The van der Waals surface area contributed by atoms with Gasteiger partial charge in [0, 0.05) is 18.3 Å². The van der Waals surface area contributed by atoms with Crippen LogP contribution in [0.4, 0.5) is 5.95 Å².